The van der Waals surface area contributed by atoms with Crippen LogP contribution < -0.4 is 0 Å². The Balaban J connectivity index is 3.06. The van der Waals surface area contributed by atoms with E-state index < -0.39 is 0 Å². The minimum absolute atomic E-state index is 0.349. The van der Waals surface area contributed by atoms with E-state index in [1.165, 1.54) is 0 Å². The number of hydrogen-bond donors (Lipinski definition) is 0. The maximum atomic E-state index is 11.1. The lowest BCUT2D eigenvalue weighted by molar-refractivity contribution is -0.139. The van der Waals surface area contributed by atoms with E-state index in [1.807, 2.05) is 0 Å². The van der Waals surface area contributed by atoms with Gasteiger partial charge in [-0.3, -0.25) is 0 Å². The summed E-state index contributed by atoms with van der Waals surface area (Å²) in [6.07, 6.45) is 1.57. The van der Waals surface area contributed by atoms with Crippen molar-refractivity contribution in [2.45, 2.75) is 19.8 Å². The first-order chi connectivity index (χ1) is 10.2. The number of esters is 1. The second kappa shape index (κ2) is 15.4. The van der Waals surface area contributed by atoms with E-state index in [0.29, 0.717) is 58.2 Å². The van der Waals surface area contributed by atoms with E-state index in [-0.39, 0.29) is 5.97 Å². The summed E-state index contributed by atoms with van der Waals surface area (Å²) in [6, 6.07) is 0. The zero-order valence-electron chi connectivity index (χ0n) is 13.2. The number of ether oxygens (including phenoxy) is 5. The number of methoxy groups -OCH3 is 1. The van der Waals surface area contributed by atoms with Crippen LogP contribution >= 0.6 is 0 Å². The molecule has 0 radical (unpaired) electrons. The molecule has 0 atom stereocenters. The molecule has 0 fully saturated rings. The molecule has 0 aromatic rings. The lowest BCUT2D eigenvalue weighted by Gasteiger charge is -2.07. The third-order valence-electron chi connectivity index (χ3n) is 2.40. The minimum Gasteiger partial charge on any atom is -0.462 e. The van der Waals surface area contributed by atoms with Crippen LogP contribution in [0, 0.1) is 0 Å². The summed E-state index contributed by atoms with van der Waals surface area (Å²) < 4.78 is 25.8. The molecule has 0 aromatic carbocycles. The van der Waals surface area contributed by atoms with E-state index in [2.05, 4.69) is 6.58 Å². The van der Waals surface area contributed by atoms with Crippen molar-refractivity contribution < 1.29 is 28.5 Å². The van der Waals surface area contributed by atoms with Gasteiger partial charge in [-0.05, 0) is 13.3 Å². The molecule has 6 nitrogen and oxygen atoms in total. The summed E-state index contributed by atoms with van der Waals surface area (Å²) in [6.45, 7) is 9.63. The SMILES string of the molecule is C=C(C)C(=O)OCCCOCCOCCOCCCOC. The summed E-state index contributed by atoms with van der Waals surface area (Å²) in [4.78, 5) is 11.1. The van der Waals surface area contributed by atoms with Crippen LogP contribution in [0.25, 0.3) is 0 Å². The molecule has 0 amide bonds. The van der Waals surface area contributed by atoms with Crippen molar-refractivity contribution in [3.8, 4) is 0 Å². The number of rotatable bonds is 15. The van der Waals surface area contributed by atoms with Crippen LogP contribution in [0.1, 0.15) is 19.8 Å². The largest absolute Gasteiger partial charge is 0.462 e. The Hall–Kier alpha value is -0.950. The fourth-order valence-electron chi connectivity index (χ4n) is 1.30. The zero-order chi connectivity index (χ0) is 15.8. The quantitative estimate of drug-likeness (QED) is 0.260. The van der Waals surface area contributed by atoms with Crippen molar-refractivity contribution in [1.29, 1.82) is 0 Å². The minimum atomic E-state index is -0.358. The molecule has 6 heteroatoms. The average molecular weight is 304 g/mol. The van der Waals surface area contributed by atoms with Gasteiger partial charge in [0, 0.05) is 38.9 Å². The molecule has 0 saturated heterocycles. The normalized spacial score (nSPS) is 10.6. The van der Waals surface area contributed by atoms with Crippen molar-refractivity contribution in [2.24, 2.45) is 0 Å². The van der Waals surface area contributed by atoms with E-state index in [0.717, 1.165) is 13.0 Å². The summed E-state index contributed by atoms with van der Waals surface area (Å²) in [5.74, 6) is -0.358. The van der Waals surface area contributed by atoms with Gasteiger partial charge in [0.25, 0.3) is 0 Å². The van der Waals surface area contributed by atoms with E-state index in [4.69, 9.17) is 23.7 Å². The second-order valence-electron chi connectivity index (χ2n) is 4.45. The Labute approximate surface area is 127 Å². The van der Waals surface area contributed by atoms with Gasteiger partial charge in [0.1, 0.15) is 0 Å². The molecule has 0 rings (SSSR count). The highest BCUT2D eigenvalue weighted by Gasteiger charge is 2.01. The van der Waals surface area contributed by atoms with Gasteiger partial charge in [-0.1, -0.05) is 6.58 Å². The van der Waals surface area contributed by atoms with E-state index in [9.17, 15) is 4.79 Å². The van der Waals surface area contributed by atoms with Gasteiger partial charge in [-0.25, -0.2) is 4.79 Å². The van der Waals surface area contributed by atoms with Crippen LogP contribution in [0.3, 0.4) is 0 Å². The van der Waals surface area contributed by atoms with Crippen molar-refractivity contribution in [3.63, 3.8) is 0 Å². The Morgan fingerprint density at radius 1 is 0.810 bits per heavy atom. The smallest absolute Gasteiger partial charge is 0.333 e. The van der Waals surface area contributed by atoms with Gasteiger partial charge in [-0.2, -0.15) is 0 Å². The van der Waals surface area contributed by atoms with Crippen LogP contribution in [0.4, 0.5) is 0 Å². The number of hydrogen-bond acceptors (Lipinski definition) is 6. The fourth-order valence-corrected chi connectivity index (χ4v) is 1.30. The molecular weight excluding hydrogens is 276 g/mol. The molecule has 0 heterocycles. The fraction of sp³-hybridized carbons (Fsp3) is 0.800. The van der Waals surface area contributed by atoms with E-state index >= 15 is 0 Å². The maximum absolute atomic E-state index is 11.1. The van der Waals surface area contributed by atoms with Crippen LogP contribution in [0.2, 0.25) is 0 Å². The molecule has 0 aliphatic rings. The first-order valence-corrected chi connectivity index (χ1v) is 7.23. The standard InChI is InChI=1S/C15H28O6/c1-14(2)15(16)21-9-5-8-19-11-13-20-12-10-18-7-4-6-17-3/h1,4-13H2,2-3H3. The Morgan fingerprint density at radius 2 is 1.29 bits per heavy atom. The van der Waals surface area contributed by atoms with Crippen molar-refractivity contribution in [2.75, 3.05) is 60.0 Å². The molecule has 21 heavy (non-hydrogen) atoms. The highest BCUT2D eigenvalue weighted by molar-refractivity contribution is 5.86. The third kappa shape index (κ3) is 15.3. The van der Waals surface area contributed by atoms with Crippen molar-refractivity contribution in [3.05, 3.63) is 12.2 Å². The molecule has 0 spiro atoms. The summed E-state index contributed by atoms with van der Waals surface area (Å²) >= 11 is 0. The lowest BCUT2D eigenvalue weighted by Crippen LogP contribution is -2.12. The average Bonchev–Trinajstić information content (AvgIpc) is 2.47. The van der Waals surface area contributed by atoms with Crippen LogP contribution in [0.5, 0.6) is 0 Å². The lowest BCUT2D eigenvalue weighted by atomic mass is 10.4. The summed E-state index contributed by atoms with van der Waals surface area (Å²) in [7, 11) is 1.67. The molecule has 124 valence electrons. The number of carbonyl (C=O) groups is 1. The second-order valence-corrected chi connectivity index (χ2v) is 4.45. The van der Waals surface area contributed by atoms with Crippen molar-refractivity contribution in [1.82, 2.24) is 0 Å². The van der Waals surface area contributed by atoms with Gasteiger partial charge in [0.2, 0.25) is 0 Å². The van der Waals surface area contributed by atoms with Gasteiger partial charge in [-0.15, -0.1) is 0 Å². The first-order valence-electron chi connectivity index (χ1n) is 7.23. The van der Waals surface area contributed by atoms with E-state index in [1.54, 1.807) is 14.0 Å². The molecule has 0 aliphatic heterocycles. The monoisotopic (exact) mass is 304 g/mol. The Morgan fingerprint density at radius 3 is 1.76 bits per heavy atom. The van der Waals surface area contributed by atoms with Crippen molar-refractivity contribution >= 4 is 5.97 Å². The van der Waals surface area contributed by atoms with Gasteiger partial charge in [0.15, 0.2) is 0 Å². The molecular formula is C15H28O6. The molecule has 0 saturated carbocycles. The molecule has 0 bridgehead atoms. The highest BCUT2D eigenvalue weighted by Crippen LogP contribution is 1.94. The highest BCUT2D eigenvalue weighted by atomic mass is 16.5. The number of carbonyl (C=O) groups excluding carboxylic acids is 1. The predicted octanol–water partition coefficient (Wildman–Crippen LogP) is 1.58. The van der Waals surface area contributed by atoms with Crippen LogP contribution in [-0.4, -0.2) is 65.9 Å². The molecule has 0 unspecified atom stereocenters. The third-order valence-corrected chi connectivity index (χ3v) is 2.40. The Kier molecular flexibility index (Phi) is 14.7. The zero-order valence-corrected chi connectivity index (χ0v) is 13.2. The molecule has 0 aliphatic carbocycles. The van der Waals surface area contributed by atoms with Gasteiger partial charge >= 0.3 is 5.97 Å². The van der Waals surface area contributed by atoms with Crippen LogP contribution in [-0.2, 0) is 28.5 Å². The summed E-state index contributed by atoms with van der Waals surface area (Å²) in [5, 5.41) is 0. The molecule has 0 N–H and O–H groups in total. The van der Waals surface area contributed by atoms with Crippen LogP contribution in [0.15, 0.2) is 12.2 Å². The topological polar surface area (TPSA) is 63.2 Å². The maximum Gasteiger partial charge on any atom is 0.333 e. The van der Waals surface area contributed by atoms with Gasteiger partial charge in [0.05, 0.1) is 33.0 Å². The van der Waals surface area contributed by atoms with Gasteiger partial charge < -0.3 is 23.7 Å². The first kappa shape index (κ1) is 20.1. The molecule has 0 aromatic heterocycles. The summed E-state index contributed by atoms with van der Waals surface area (Å²) in [5.41, 5.74) is 0.411. The predicted molar refractivity (Wildman–Crippen MR) is 79.3 cm³/mol. The Bertz CT molecular complexity index is 267.